The van der Waals surface area contributed by atoms with E-state index >= 15 is 0 Å². The number of amides is 3. The Morgan fingerprint density at radius 2 is 1.49 bits per heavy atom. The highest BCUT2D eigenvalue weighted by Crippen LogP contribution is 2.24. The molecule has 5 rings (SSSR count). The molecule has 0 saturated carbocycles. The fourth-order valence-electron chi connectivity index (χ4n) is 6.18. The van der Waals surface area contributed by atoms with Crippen LogP contribution in [0.25, 0.3) is 11.1 Å². The molecule has 45 heavy (non-hydrogen) atoms. The van der Waals surface area contributed by atoms with Crippen LogP contribution in [0.15, 0.2) is 78.9 Å². The van der Waals surface area contributed by atoms with Crippen molar-refractivity contribution >= 4 is 17.9 Å². The van der Waals surface area contributed by atoms with Crippen molar-refractivity contribution in [1.29, 1.82) is 0 Å². The number of alkyl carbamates (subject to hydrolysis) is 1. The van der Waals surface area contributed by atoms with Crippen molar-refractivity contribution in [2.75, 3.05) is 46.3 Å². The molecule has 9 nitrogen and oxygen atoms in total. The topological polar surface area (TPSA) is 108 Å². The molecule has 0 unspecified atom stereocenters. The lowest BCUT2D eigenvalue weighted by Crippen LogP contribution is -2.43. The monoisotopic (exact) mass is 611 g/mol. The number of nitrogens with zero attached hydrogens (tertiary/aromatic N) is 3. The van der Waals surface area contributed by atoms with E-state index in [1.165, 1.54) is 0 Å². The van der Waals surface area contributed by atoms with Crippen molar-refractivity contribution in [3.8, 4) is 11.1 Å². The molecule has 0 spiro atoms. The second-order valence-electron chi connectivity index (χ2n) is 12.2. The Bertz CT molecular complexity index is 1410. The Hall–Kier alpha value is -4.21. The molecule has 2 saturated heterocycles. The number of nitrogens with one attached hydrogen (secondary N) is 1. The SMILES string of the molecule is CN(CCN1CCC(OC(=O)NCc2ccccc2-c2ccccc2)CC1)C(=O)c1ccc(CN2CCC(C(N)=O)CC2)cc1. The summed E-state index contributed by atoms with van der Waals surface area (Å²) in [6.45, 7) is 5.97. The van der Waals surface area contributed by atoms with Gasteiger partial charge in [0.1, 0.15) is 6.10 Å². The largest absolute Gasteiger partial charge is 0.446 e. The number of carbonyl (C=O) groups is 3. The third-order valence-electron chi connectivity index (χ3n) is 9.03. The average molecular weight is 612 g/mol. The molecular formula is C36H45N5O4. The van der Waals surface area contributed by atoms with Crippen molar-refractivity contribution < 1.29 is 19.1 Å². The van der Waals surface area contributed by atoms with Crippen molar-refractivity contribution in [3.63, 3.8) is 0 Å². The first-order chi connectivity index (χ1) is 21.9. The minimum Gasteiger partial charge on any atom is -0.446 e. The van der Waals surface area contributed by atoms with E-state index in [0.29, 0.717) is 18.7 Å². The molecule has 2 aliphatic heterocycles. The second kappa shape index (κ2) is 15.7. The van der Waals surface area contributed by atoms with E-state index in [1.54, 1.807) is 4.90 Å². The third-order valence-corrected chi connectivity index (χ3v) is 9.03. The highest BCUT2D eigenvalue weighted by atomic mass is 16.6. The lowest BCUT2D eigenvalue weighted by atomic mass is 9.96. The van der Waals surface area contributed by atoms with E-state index in [2.05, 4.69) is 33.3 Å². The molecule has 0 aliphatic carbocycles. The molecule has 3 amide bonds. The summed E-state index contributed by atoms with van der Waals surface area (Å²) in [5.41, 5.74) is 10.5. The van der Waals surface area contributed by atoms with E-state index in [0.717, 1.165) is 87.2 Å². The van der Waals surface area contributed by atoms with Crippen molar-refractivity contribution in [2.45, 2.75) is 44.9 Å². The number of hydrogen-bond acceptors (Lipinski definition) is 6. The predicted octanol–water partition coefficient (Wildman–Crippen LogP) is 4.51. The van der Waals surface area contributed by atoms with Gasteiger partial charge in [0.2, 0.25) is 5.91 Å². The first-order valence-electron chi connectivity index (χ1n) is 16.0. The molecule has 0 atom stereocenters. The molecular weight excluding hydrogens is 566 g/mol. The molecule has 2 heterocycles. The highest BCUT2D eigenvalue weighted by Gasteiger charge is 2.24. The molecule has 0 bridgehead atoms. The number of likely N-dealkylation sites (N-methyl/N-ethyl adjacent to an activating group) is 1. The minimum absolute atomic E-state index is 0.00699. The van der Waals surface area contributed by atoms with Gasteiger partial charge in [0.05, 0.1) is 0 Å². The van der Waals surface area contributed by atoms with Gasteiger partial charge < -0.3 is 25.6 Å². The molecule has 0 aromatic heterocycles. The van der Waals surface area contributed by atoms with Crippen molar-refractivity contribution in [3.05, 3.63) is 95.6 Å². The van der Waals surface area contributed by atoms with Gasteiger partial charge in [-0.05, 0) is 73.2 Å². The number of rotatable bonds is 11. The van der Waals surface area contributed by atoms with Crippen LogP contribution < -0.4 is 11.1 Å². The molecule has 3 aromatic carbocycles. The lowest BCUT2D eigenvalue weighted by molar-refractivity contribution is -0.123. The summed E-state index contributed by atoms with van der Waals surface area (Å²) in [6, 6.07) is 26.1. The van der Waals surface area contributed by atoms with Gasteiger partial charge in [-0.1, -0.05) is 66.7 Å². The van der Waals surface area contributed by atoms with Gasteiger partial charge in [0, 0.05) is 57.8 Å². The molecule has 3 aromatic rings. The summed E-state index contributed by atoms with van der Waals surface area (Å²) in [7, 11) is 1.84. The van der Waals surface area contributed by atoms with E-state index in [-0.39, 0.29) is 29.9 Å². The predicted molar refractivity (Wildman–Crippen MR) is 175 cm³/mol. The molecule has 2 aliphatic rings. The van der Waals surface area contributed by atoms with Crippen LogP contribution in [0.2, 0.25) is 0 Å². The van der Waals surface area contributed by atoms with Crippen LogP contribution in [-0.2, 0) is 22.6 Å². The number of primary amides is 1. The summed E-state index contributed by atoms with van der Waals surface area (Å²) in [5, 5.41) is 2.93. The summed E-state index contributed by atoms with van der Waals surface area (Å²) < 4.78 is 5.74. The van der Waals surface area contributed by atoms with Crippen LogP contribution in [0.5, 0.6) is 0 Å². The van der Waals surface area contributed by atoms with Crippen LogP contribution in [0.1, 0.15) is 47.2 Å². The summed E-state index contributed by atoms with van der Waals surface area (Å²) in [5.74, 6) is -0.201. The van der Waals surface area contributed by atoms with E-state index in [4.69, 9.17) is 10.5 Å². The zero-order valence-electron chi connectivity index (χ0n) is 26.2. The Kier molecular flexibility index (Phi) is 11.2. The molecule has 3 N–H and O–H groups in total. The average Bonchev–Trinajstić information content (AvgIpc) is 3.07. The van der Waals surface area contributed by atoms with Gasteiger partial charge in [-0.15, -0.1) is 0 Å². The standard InChI is InChI=1S/C36H45N5O4/c1-39(35(43)30-13-11-27(12-14-30)26-41-19-15-29(16-20-41)34(37)42)23-24-40-21-17-32(18-22-40)45-36(44)38-25-31-9-5-6-10-33(31)28-7-3-2-4-8-28/h2-14,29,32H,15-26H2,1H3,(H2,37,42)(H,38,44). The minimum atomic E-state index is -0.389. The Morgan fingerprint density at radius 1 is 0.844 bits per heavy atom. The smallest absolute Gasteiger partial charge is 0.407 e. The van der Waals surface area contributed by atoms with Gasteiger partial charge in [-0.3, -0.25) is 14.5 Å². The van der Waals surface area contributed by atoms with Crippen molar-refractivity contribution in [1.82, 2.24) is 20.0 Å². The van der Waals surface area contributed by atoms with Crippen LogP contribution >= 0.6 is 0 Å². The normalized spacial score (nSPS) is 16.6. The maximum absolute atomic E-state index is 13.0. The number of likely N-dealkylation sites (tertiary alicyclic amines) is 2. The molecule has 238 valence electrons. The van der Waals surface area contributed by atoms with Gasteiger partial charge in [0.15, 0.2) is 0 Å². The fraction of sp³-hybridized carbons (Fsp3) is 0.417. The number of carbonyl (C=O) groups excluding carboxylic acids is 3. The number of piperidine rings is 2. The van der Waals surface area contributed by atoms with Gasteiger partial charge in [-0.2, -0.15) is 0 Å². The maximum Gasteiger partial charge on any atom is 0.407 e. The Balaban J connectivity index is 0.990. The first-order valence-corrected chi connectivity index (χ1v) is 16.0. The lowest BCUT2D eigenvalue weighted by Gasteiger charge is -2.32. The van der Waals surface area contributed by atoms with E-state index in [9.17, 15) is 14.4 Å². The summed E-state index contributed by atoms with van der Waals surface area (Å²) in [4.78, 5) is 43.5. The second-order valence-corrected chi connectivity index (χ2v) is 12.2. The van der Waals surface area contributed by atoms with Gasteiger partial charge in [-0.25, -0.2) is 4.79 Å². The summed E-state index contributed by atoms with van der Waals surface area (Å²) in [6.07, 6.45) is 2.66. The zero-order chi connectivity index (χ0) is 31.6. The van der Waals surface area contributed by atoms with E-state index < -0.39 is 0 Å². The van der Waals surface area contributed by atoms with Crippen LogP contribution in [0.4, 0.5) is 4.79 Å². The van der Waals surface area contributed by atoms with Crippen molar-refractivity contribution in [2.24, 2.45) is 11.7 Å². The summed E-state index contributed by atoms with van der Waals surface area (Å²) >= 11 is 0. The van der Waals surface area contributed by atoms with E-state index in [1.807, 2.05) is 67.7 Å². The van der Waals surface area contributed by atoms with Crippen LogP contribution in [0, 0.1) is 5.92 Å². The number of hydrogen-bond donors (Lipinski definition) is 2. The zero-order valence-corrected chi connectivity index (χ0v) is 26.2. The Labute approximate surface area is 266 Å². The first kappa shape index (κ1) is 32.2. The van der Waals surface area contributed by atoms with Crippen LogP contribution in [-0.4, -0.2) is 85.0 Å². The fourth-order valence-corrected chi connectivity index (χ4v) is 6.18. The molecule has 9 heteroatoms. The Morgan fingerprint density at radius 3 is 2.18 bits per heavy atom. The highest BCUT2D eigenvalue weighted by molar-refractivity contribution is 5.94. The molecule has 2 fully saturated rings. The quantitative estimate of drug-likeness (QED) is 0.330. The molecule has 0 radical (unpaired) electrons. The third kappa shape index (κ3) is 9.15. The van der Waals surface area contributed by atoms with Gasteiger partial charge >= 0.3 is 6.09 Å². The van der Waals surface area contributed by atoms with Gasteiger partial charge in [0.25, 0.3) is 5.91 Å². The maximum atomic E-state index is 13.0. The van der Waals surface area contributed by atoms with Crippen LogP contribution in [0.3, 0.4) is 0 Å². The number of benzene rings is 3. The number of ether oxygens (including phenoxy) is 1. The number of nitrogens with two attached hydrogens (primary N) is 1.